The van der Waals surface area contributed by atoms with Crippen molar-refractivity contribution < 1.29 is 4.79 Å². The average Bonchev–Trinajstić information content (AvgIpc) is 2.30. The van der Waals surface area contributed by atoms with Crippen LogP contribution in [0.4, 0.5) is 5.69 Å². The molecule has 0 aliphatic carbocycles. The molecule has 2 nitrogen and oxygen atoms in total. The van der Waals surface area contributed by atoms with Crippen LogP contribution in [-0.2, 0) is 11.2 Å². The number of amides is 1. The second kappa shape index (κ2) is 5.30. The monoisotopic (exact) mass is 225 g/mol. The summed E-state index contributed by atoms with van der Waals surface area (Å²) < 4.78 is 0. The summed E-state index contributed by atoms with van der Waals surface area (Å²) in [5.74, 6) is 0. The van der Waals surface area contributed by atoms with Crippen molar-refractivity contribution >= 4 is 12.1 Å². The third-order valence-electron chi connectivity index (χ3n) is 2.64. The predicted molar refractivity (Wildman–Crippen MR) is 70.1 cm³/mol. The Morgan fingerprint density at radius 1 is 1.06 bits per heavy atom. The Labute approximate surface area is 101 Å². The Morgan fingerprint density at radius 3 is 2.47 bits per heavy atom. The number of carbonyl (C=O) groups is 1. The lowest BCUT2D eigenvalue weighted by molar-refractivity contribution is -0.105. The van der Waals surface area contributed by atoms with Crippen molar-refractivity contribution in [1.82, 2.24) is 0 Å². The number of nitrogens with one attached hydrogen (secondary N) is 1. The molecule has 0 atom stereocenters. The highest BCUT2D eigenvalue weighted by atomic mass is 16.1. The summed E-state index contributed by atoms with van der Waals surface area (Å²) in [6.07, 6.45) is 1.59. The van der Waals surface area contributed by atoms with Gasteiger partial charge in [0.05, 0.1) is 0 Å². The van der Waals surface area contributed by atoms with E-state index in [0.717, 1.165) is 12.1 Å². The summed E-state index contributed by atoms with van der Waals surface area (Å²) in [6.45, 7) is 2.09. The van der Waals surface area contributed by atoms with Gasteiger partial charge in [0.15, 0.2) is 0 Å². The van der Waals surface area contributed by atoms with Crippen molar-refractivity contribution in [1.29, 1.82) is 0 Å². The van der Waals surface area contributed by atoms with Crippen molar-refractivity contribution in [3.05, 3.63) is 65.2 Å². The van der Waals surface area contributed by atoms with E-state index in [9.17, 15) is 4.79 Å². The van der Waals surface area contributed by atoms with Crippen molar-refractivity contribution in [2.24, 2.45) is 0 Å². The smallest absolute Gasteiger partial charge is 0.211 e. The van der Waals surface area contributed by atoms with Gasteiger partial charge in [0.2, 0.25) is 6.41 Å². The van der Waals surface area contributed by atoms with Crippen LogP contribution >= 0.6 is 0 Å². The lowest BCUT2D eigenvalue weighted by atomic mass is 10.0. The third-order valence-corrected chi connectivity index (χ3v) is 2.64. The third kappa shape index (κ3) is 3.18. The van der Waals surface area contributed by atoms with Gasteiger partial charge in [-0.25, -0.2) is 0 Å². The summed E-state index contributed by atoms with van der Waals surface area (Å²) in [4.78, 5) is 10.4. The maximum absolute atomic E-state index is 10.4. The second-order valence-electron chi connectivity index (χ2n) is 4.13. The zero-order valence-corrected chi connectivity index (χ0v) is 9.81. The molecular weight excluding hydrogens is 210 g/mol. The highest BCUT2D eigenvalue weighted by Crippen LogP contribution is 2.15. The SMILES string of the molecule is Cc1cccc(Cc2cccc(NC=O)c2)c1. The second-order valence-corrected chi connectivity index (χ2v) is 4.13. The molecule has 0 aliphatic heterocycles. The number of benzene rings is 2. The first-order valence-electron chi connectivity index (χ1n) is 5.62. The van der Waals surface area contributed by atoms with E-state index in [4.69, 9.17) is 0 Å². The molecule has 0 fully saturated rings. The Morgan fingerprint density at radius 2 is 1.76 bits per heavy atom. The summed E-state index contributed by atoms with van der Waals surface area (Å²) >= 11 is 0. The zero-order chi connectivity index (χ0) is 12.1. The Kier molecular flexibility index (Phi) is 3.55. The highest BCUT2D eigenvalue weighted by Gasteiger charge is 1.98. The topological polar surface area (TPSA) is 29.1 Å². The van der Waals surface area contributed by atoms with Crippen molar-refractivity contribution in [3.8, 4) is 0 Å². The molecule has 2 aromatic carbocycles. The maximum atomic E-state index is 10.4. The fourth-order valence-electron chi connectivity index (χ4n) is 1.90. The van der Waals surface area contributed by atoms with Gasteiger partial charge < -0.3 is 5.32 Å². The number of rotatable bonds is 4. The molecule has 17 heavy (non-hydrogen) atoms. The van der Waals surface area contributed by atoms with E-state index in [1.54, 1.807) is 0 Å². The molecule has 0 saturated carbocycles. The van der Waals surface area contributed by atoms with Gasteiger partial charge in [-0.15, -0.1) is 0 Å². The van der Waals surface area contributed by atoms with E-state index in [0.29, 0.717) is 6.41 Å². The molecule has 0 heterocycles. The lowest BCUT2D eigenvalue weighted by Crippen LogP contribution is -1.95. The number of anilines is 1. The van der Waals surface area contributed by atoms with Gasteiger partial charge in [-0.1, -0.05) is 42.0 Å². The predicted octanol–water partition coefficient (Wildman–Crippen LogP) is 3.15. The van der Waals surface area contributed by atoms with Gasteiger partial charge in [0.25, 0.3) is 0 Å². The number of hydrogen-bond donors (Lipinski definition) is 1. The first-order valence-corrected chi connectivity index (χ1v) is 5.62. The molecule has 0 unspecified atom stereocenters. The standard InChI is InChI=1S/C15H15NO/c1-12-4-2-5-13(8-12)9-14-6-3-7-15(10-14)16-11-17/h2-8,10-11H,9H2,1H3,(H,16,17). The molecule has 0 radical (unpaired) electrons. The molecule has 0 aliphatic rings. The largest absolute Gasteiger partial charge is 0.329 e. The quantitative estimate of drug-likeness (QED) is 0.796. The number of hydrogen-bond acceptors (Lipinski definition) is 1. The van der Waals surface area contributed by atoms with Gasteiger partial charge in [-0.3, -0.25) is 4.79 Å². The highest BCUT2D eigenvalue weighted by molar-refractivity contribution is 5.71. The lowest BCUT2D eigenvalue weighted by Gasteiger charge is -2.05. The van der Waals surface area contributed by atoms with E-state index in [2.05, 4.69) is 42.6 Å². The van der Waals surface area contributed by atoms with Crippen LogP contribution in [0.1, 0.15) is 16.7 Å². The van der Waals surface area contributed by atoms with Crippen molar-refractivity contribution in [2.45, 2.75) is 13.3 Å². The minimum absolute atomic E-state index is 0.700. The van der Waals surface area contributed by atoms with Crippen LogP contribution in [0.2, 0.25) is 0 Å². The van der Waals surface area contributed by atoms with E-state index in [1.165, 1.54) is 16.7 Å². The molecular formula is C15H15NO. The van der Waals surface area contributed by atoms with E-state index in [-0.39, 0.29) is 0 Å². The summed E-state index contributed by atoms with van der Waals surface area (Å²) in [6, 6.07) is 16.4. The summed E-state index contributed by atoms with van der Waals surface area (Å²) in [7, 11) is 0. The van der Waals surface area contributed by atoms with Crippen LogP contribution in [0.3, 0.4) is 0 Å². The summed E-state index contributed by atoms with van der Waals surface area (Å²) in [5, 5.41) is 2.66. The normalized spacial score (nSPS) is 9.94. The molecule has 1 amide bonds. The van der Waals surface area contributed by atoms with Gasteiger partial charge in [0, 0.05) is 5.69 Å². The van der Waals surface area contributed by atoms with Gasteiger partial charge in [-0.05, 0) is 36.6 Å². The van der Waals surface area contributed by atoms with Crippen LogP contribution in [0, 0.1) is 6.92 Å². The maximum Gasteiger partial charge on any atom is 0.211 e. The molecule has 0 aromatic heterocycles. The summed E-state index contributed by atoms with van der Waals surface area (Å²) in [5.41, 5.74) is 4.59. The molecule has 86 valence electrons. The van der Waals surface area contributed by atoms with Gasteiger partial charge in [0.1, 0.15) is 0 Å². The van der Waals surface area contributed by atoms with Crippen LogP contribution < -0.4 is 5.32 Å². The number of aryl methyl sites for hydroxylation is 1. The van der Waals surface area contributed by atoms with E-state index >= 15 is 0 Å². The minimum Gasteiger partial charge on any atom is -0.329 e. The van der Waals surface area contributed by atoms with Crippen LogP contribution in [0.15, 0.2) is 48.5 Å². The first kappa shape index (κ1) is 11.4. The first-order chi connectivity index (χ1) is 8.28. The number of carbonyl (C=O) groups excluding carboxylic acids is 1. The van der Waals surface area contributed by atoms with Crippen molar-refractivity contribution in [2.75, 3.05) is 5.32 Å². The van der Waals surface area contributed by atoms with E-state index in [1.807, 2.05) is 18.2 Å². The van der Waals surface area contributed by atoms with Crippen LogP contribution in [0.25, 0.3) is 0 Å². The average molecular weight is 225 g/mol. The molecule has 0 bridgehead atoms. The fraction of sp³-hybridized carbons (Fsp3) is 0.133. The fourth-order valence-corrected chi connectivity index (χ4v) is 1.90. The van der Waals surface area contributed by atoms with Crippen LogP contribution in [0.5, 0.6) is 0 Å². The molecule has 2 aromatic rings. The van der Waals surface area contributed by atoms with Gasteiger partial charge in [-0.2, -0.15) is 0 Å². The van der Waals surface area contributed by atoms with Crippen LogP contribution in [-0.4, -0.2) is 6.41 Å². The zero-order valence-electron chi connectivity index (χ0n) is 9.81. The van der Waals surface area contributed by atoms with E-state index < -0.39 is 0 Å². The molecule has 0 spiro atoms. The molecule has 2 rings (SSSR count). The minimum atomic E-state index is 0.700. The molecule has 2 heteroatoms. The molecule has 0 saturated heterocycles. The molecule has 1 N–H and O–H groups in total. The Bertz CT molecular complexity index is 520. The van der Waals surface area contributed by atoms with Crippen molar-refractivity contribution in [3.63, 3.8) is 0 Å². The van der Waals surface area contributed by atoms with Gasteiger partial charge >= 0.3 is 0 Å². The Balaban J connectivity index is 2.18. The Hall–Kier alpha value is -2.09.